The normalized spacial score (nSPS) is 29.4. The van der Waals surface area contributed by atoms with E-state index >= 15 is 0 Å². The van der Waals surface area contributed by atoms with Gasteiger partial charge in [-0.05, 0) is 22.3 Å². The number of benzene rings is 1. The second-order valence-electron chi connectivity index (χ2n) is 3.75. The van der Waals surface area contributed by atoms with Crippen LogP contribution >= 0.6 is 0 Å². The second kappa shape index (κ2) is 2.35. The van der Waals surface area contributed by atoms with Gasteiger partial charge in [-0.2, -0.15) is 0 Å². The minimum absolute atomic E-state index is 0. The van der Waals surface area contributed by atoms with Crippen molar-refractivity contribution in [2.75, 3.05) is 0 Å². The first-order valence-electron chi connectivity index (χ1n) is 4.63. The van der Waals surface area contributed by atoms with E-state index in [1.807, 2.05) is 0 Å². The summed E-state index contributed by atoms with van der Waals surface area (Å²) in [6, 6.07) is 8.56. The van der Waals surface area contributed by atoms with Gasteiger partial charge in [0.1, 0.15) is 12.2 Å². The summed E-state index contributed by atoms with van der Waals surface area (Å²) in [7, 11) is 0. The monoisotopic (exact) mass is 186 g/mol. The van der Waals surface area contributed by atoms with Crippen molar-refractivity contribution in [2.45, 2.75) is 12.2 Å². The fourth-order valence-corrected chi connectivity index (χ4v) is 2.36. The lowest BCUT2D eigenvalue weighted by molar-refractivity contribution is 0.418. The Morgan fingerprint density at radius 3 is 2.71 bits per heavy atom. The van der Waals surface area contributed by atoms with Gasteiger partial charge >= 0.3 is 0 Å². The van der Waals surface area contributed by atoms with Crippen LogP contribution in [0.15, 0.2) is 36.4 Å². The fourth-order valence-electron chi connectivity index (χ4n) is 2.36. The molecule has 2 unspecified atom stereocenters. The third kappa shape index (κ3) is 0.733. The van der Waals surface area contributed by atoms with E-state index in [4.69, 9.17) is 4.74 Å². The molecule has 1 aromatic carbocycles. The smallest absolute Gasteiger partial charge is 0.114 e. The molecule has 2 aliphatic carbocycles. The Kier molecular flexibility index (Phi) is 1.34. The minimum atomic E-state index is 0. The van der Waals surface area contributed by atoms with Crippen LogP contribution in [0.2, 0.25) is 0 Å². The van der Waals surface area contributed by atoms with Crippen LogP contribution in [0.3, 0.4) is 0 Å². The van der Waals surface area contributed by atoms with Crippen molar-refractivity contribution < 1.29 is 10.2 Å². The van der Waals surface area contributed by atoms with Crippen LogP contribution in [0.25, 0.3) is 11.1 Å². The molecule has 2 nitrogen and oxygen atoms in total. The van der Waals surface area contributed by atoms with E-state index in [0.29, 0.717) is 12.2 Å². The number of allylic oxidation sites excluding steroid dienone is 2. The lowest BCUT2D eigenvalue weighted by Gasteiger charge is -2.26. The molecule has 1 saturated heterocycles. The van der Waals surface area contributed by atoms with Crippen molar-refractivity contribution in [3.05, 3.63) is 47.5 Å². The molecule has 3 aliphatic rings. The largest absolute Gasteiger partial charge is 0.412 e. The lowest BCUT2D eigenvalue weighted by Crippen LogP contribution is -2.13. The molecule has 1 fully saturated rings. The van der Waals surface area contributed by atoms with Gasteiger partial charge in [-0.1, -0.05) is 36.4 Å². The molecule has 70 valence electrons. The number of epoxide rings is 1. The standard InChI is InChI=1S/C12H8O.H2O/c1-2-4-8-7(3-1)9-5-6-10-12(13-10)11(8)9;/h1-6,10,12H;1H2. The van der Waals surface area contributed by atoms with Crippen molar-refractivity contribution in [1.29, 1.82) is 0 Å². The first kappa shape index (κ1) is 7.97. The SMILES string of the molecule is C1=CC2OC2C2=C1c1ccccc12.O. The van der Waals surface area contributed by atoms with Crippen molar-refractivity contribution >= 4 is 11.1 Å². The number of rotatable bonds is 0. The van der Waals surface area contributed by atoms with Gasteiger partial charge in [-0.3, -0.25) is 0 Å². The molecular weight excluding hydrogens is 176 g/mol. The fraction of sp³-hybridized carbons (Fsp3) is 0.167. The van der Waals surface area contributed by atoms with Crippen LogP contribution in [0, 0.1) is 0 Å². The van der Waals surface area contributed by atoms with Crippen molar-refractivity contribution in [3.63, 3.8) is 0 Å². The van der Waals surface area contributed by atoms with Gasteiger partial charge in [0.2, 0.25) is 0 Å². The van der Waals surface area contributed by atoms with Crippen LogP contribution in [0.1, 0.15) is 11.1 Å². The van der Waals surface area contributed by atoms with E-state index in [2.05, 4.69) is 36.4 Å². The van der Waals surface area contributed by atoms with Gasteiger partial charge in [-0.25, -0.2) is 0 Å². The molecule has 0 radical (unpaired) electrons. The van der Waals surface area contributed by atoms with Gasteiger partial charge in [0.25, 0.3) is 0 Å². The lowest BCUT2D eigenvalue weighted by atomic mass is 9.76. The highest BCUT2D eigenvalue weighted by atomic mass is 16.6. The molecule has 2 atom stereocenters. The molecule has 1 heterocycles. The summed E-state index contributed by atoms with van der Waals surface area (Å²) < 4.78 is 5.52. The third-order valence-corrected chi connectivity index (χ3v) is 3.06. The van der Waals surface area contributed by atoms with E-state index in [-0.39, 0.29) is 5.48 Å². The van der Waals surface area contributed by atoms with Crippen molar-refractivity contribution in [3.8, 4) is 0 Å². The predicted molar refractivity (Wildman–Crippen MR) is 54.7 cm³/mol. The number of hydrogen-bond donors (Lipinski definition) is 0. The molecule has 2 N–H and O–H groups in total. The van der Waals surface area contributed by atoms with Crippen LogP contribution < -0.4 is 0 Å². The van der Waals surface area contributed by atoms with Crippen LogP contribution in [-0.4, -0.2) is 17.7 Å². The summed E-state index contributed by atoms with van der Waals surface area (Å²) in [5.74, 6) is 0. The average Bonchev–Trinajstić information content (AvgIpc) is 2.89. The van der Waals surface area contributed by atoms with E-state index in [1.54, 1.807) is 0 Å². The zero-order valence-electron chi connectivity index (χ0n) is 7.53. The topological polar surface area (TPSA) is 44.0 Å². The van der Waals surface area contributed by atoms with E-state index in [1.165, 1.54) is 22.3 Å². The summed E-state index contributed by atoms with van der Waals surface area (Å²) in [6.45, 7) is 0. The van der Waals surface area contributed by atoms with Crippen LogP contribution in [-0.2, 0) is 4.74 Å². The van der Waals surface area contributed by atoms with E-state index < -0.39 is 0 Å². The first-order chi connectivity index (χ1) is 6.45. The zero-order chi connectivity index (χ0) is 8.41. The summed E-state index contributed by atoms with van der Waals surface area (Å²) in [6.07, 6.45) is 5.13. The first-order valence-corrected chi connectivity index (χ1v) is 4.63. The summed E-state index contributed by atoms with van der Waals surface area (Å²) in [5, 5.41) is 0. The maximum Gasteiger partial charge on any atom is 0.114 e. The van der Waals surface area contributed by atoms with Crippen molar-refractivity contribution in [1.82, 2.24) is 0 Å². The Labute approximate surface area is 81.8 Å². The van der Waals surface area contributed by atoms with Gasteiger partial charge in [0.15, 0.2) is 0 Å². The predicted octanol–water partition coefficient (Wildman–Crippen LogP) is 1.42. The van der Waals surface area contributed by atoms with Crippen molar-refractivity contribution in [2.24, 2.45) is 0 Å². The maximum atomic E-state index is 5.52. The van der Waals surface area contributed by atoms with Gasteiger partial charge in [0.05, 0.1) is 0 Å². The molecule has 0 spiro atoms. The molecule has 2 heteroatoms. The average molecular weight is 186 g/mol. The molecule has 0 bridgehead atoms. The maximum absolute atomic E-state index is 5.52. The minimum Gasteiger partial charge on any atom is -0.412 e. The van der Waals surface area contributed by atoms with E-state index in [9.17, 15) is 0 Å². The summed E-state index contributed by atoms with van der Waals surface area (Å²) >= 11 is 0. The molecule has 0 aromatic heterocycles. The highest BCUT2D eigenvalue weighted by Gasteiger charge is 2.47. The summed E-state index contributed by atoms with van der Waals surface area (Å²) in [4.78, 5) is 0. The number of fused-ring (bicyclic) bond motifs is 5. The molecule has 0 saturated carbocycles. The Balaban J connectivity index is 0.000000640. The molecule has 4 rings (SSSR count). The number of ether oxygens (including phenoxy) is 1. The Morgan fingerprint density at radius 1 is 1.07 bits per heavy atom. The highest BCUT2D eigenvalue weighted by Crippen LogP contribution is 2.52. The van der Waals surface area contributed by atoms with Gasteiger partial charge in [-0.15, -0.1) is 0 Å². The Hall–Kier alpha value is -1.38. The molecular formula is C12H10O2. The zero-order valence-corrected chi connectivity index (χ0v) is 7.53. The second-order valence-corrected chi connectivity index (χ2v) is 3.75. The van der Waals surface area contributed by atoms with Gasteiger partial charge < -0.3 is 10.2 Å². The van der Waals surface area contributed by atoms with E-state index in [0.717, 1.165) is 0 Å². The van der Waals surface area contributed by atoms with Crippen LogP contribution in [0.4, 0.5) is 0 Å². The molecule has 0 amide bonds. The van der Waals surface area contributed by atoms with Crippen LogP contribution in [0.5, 0.6) is 0 Å². The Morgan fingerprint density at radius 2 is 1.86 bits per heavy atom. The molecule has 1 aromatic rings. The quantitative estimate of drug-likeness (QED) is 0.565. The highest BCUT2D eigenvalue weighted by molar-refractivity contribution is 6.10. The number of hydrogen-bond acceptors (Lipinski definition) is 1. The molecule has 1 aliphatic heterocycles. The molecule has 14 heavy (non-hydrogen) atoms. The summed E-state index contributed by atoms with van der Waals surface area (Å²) in [5.41, 5.74) is 5.62. The Bertz CT molecular complexity index is 471. The third-order valence-electron chi connectivity index (χ3n) is 3.06. The van der Waals surface area contributed by atoms with Gasteiger partial charge in [0, 0.05) is 0 Å².